The molecule has 1 N–H and O–H groups in total. The number of hydrogen-bond donors (Lipinski definition) is 1. The van der Waals surface area contributed by atoms with Crippen molar-refractivity contribution < 1.29 is 19.0 Å². The summed E-state index contributed by atoms with van der Waals surface area (Å²) >= 11 is 0. The molecule has 1 aromatic rings. The van der Waals surface area contributed by atoms with Crippen molar-refractivity contribution in [2.75, 3.05) is 19.8 Å². The Balaban J connectivity index is 1.88. The lowest BCUT2D eigenvalue weighted by atomic mass is 10.2. The van der Waals surface area contributed by atoms with Crippen molar-refractivity contribution >= 4 is 5.91 Å². The van der Waals surface area contributed by atoms with E-state index in [1.54, 1.807) is 11.0 Å². The van der Waals surface area contributed by atoms with Crippen LogP contribution in [0.5, 0.6) is 5.75 Å². The van der Waals surface area contributed by atoms with Gasteiger partial charge in [0.25, 0.3) is 5.91 Å². The topological polar surface area (TPSA) is 49.8 Å². The van der Waals surface area contributed by atoms with Crippen LogP contribution in [-0.2, 0) is 4.79 Å². The molecule has 1 aliphatic rings. The molecule has 2 rings (SSSR count). The summed E-state index contributed by atoms with van der Waals surface area (Å²) in [7, 11) is 0. The highest BCUT2D eigenvalue weighted by molar-refractivity contribution is 5.78. The zero-order valence-corrected chi connectivity index (χ0v) is 10.0. The Hall–Kier alpha value is -1.62. The summed E-state index contributed by atoms with van der Waals surface area (Å²) < 4.78 is 18.1. The molecule has 0 bridgehead atoms. The predicted molar refractivity (Wildman–Crippen MR) is 63.7 cm³/mol. The van der Waals surface area contributed by atoms with E-state index < -0.39 is 5.82 Å². The SMILES string of the molecule is O=C(COc1cccc(F)c1)N1CCC[C@H]1CO. The Morgan fingerprint density at radius 3 is 3.11 bits per heavy atom. The van der Waals surface area contributed by atoms with Crippen LogP contribution in [0.25, 0.3) is 0 Å². The number of halogens is 1. The molecule has 1 fully saturated rings. The van der Waals surface area contributed by atoms with E-state index >= 15 is 0 Å². The maximum Gasteiger partial charge on any atom is 0.260 e. The largest absolute Gasteiger partial charge is 0.484 e. The van der Waals surface area contributed by atoms with E-state index in [0.717, 1.165) is 12.8 Å². The second-order valence-corrected chi connectivity index (χ2v) is 4.31. The molecular formula is C13H16FNO3. The number of ether oxygens (including phenoxy) is 1. The summed E-state index contributed by atoms with van der Waals surface area (Å²) in [6.45, 7) is 0.502. The van der Waals surface area contributed by atoms with Crippen molar-refractivity contribution in [2.24, 2.45) is 0 Å². The highest BCUT2D eigenvalue weighted by atomic mass is 19.1. The molecule has 1 heterocycles. The third-order valence-electron chi connectivity index (χ3n) is 3.07. The predicted octanol–water partition coefficient (Wildman–Crippen LogP) is 1.19. The standard InChI is InChI=1S/C13H16FNO3/c14-10-3-1-5-12(7-10)18-9-13(17)15-6-2-4-11(15)8-16/h1,3,5,7,11,16H,2,4,6,8-9H2/t11-/m0/s1. The van der Waals surface area contributed by atoms with Gasteiger partial charge in [-0.2, -0.15) is 0 Å². The van der Waals surface area contributed by atoms with E-state index in [2.05, 4.69) is 0 Å². The number of benzene rings is 1. The average molecular weight is 253 g/mol. The van der Waals surface area contributed by atoms with Gasteiger partial charge in [0.2, 0.25) is 0 Å². The molecule has 98 valence electrons. The van der Waals surface area contributed by atoms with Gasteiger partial charge in [-0.1, -0.05) is 6.07 Å². The van der Waals surface area contributed by atoms with Crippen molar-refractivity contribution in [3.05, 3.63) is 30.1 Å². The number of carbonyl (C=O) groups excluding carboxylic acids is 1. The molecule has 1 aromatic carbocycles. The summed E-state index contributed by atoms with van der Waals surface area (Å²) in [5.41, 5.74) is 0. The second-order valence-electron chi connectivity index (χ2n) is 4.31. The molecule has 0 spiro atoms. The smallest absolute Gasteiger partial charge is 0.260 e. The van der Waals surface area contributed by atoms with E-state index in [0.29, 0.717) is 12.3 Å². The van der Waals surface area contributed by atoms with E-state index in [4.69, 9.17) is 9.84 Å². The number of nitrogens with zero attached hydrogens (tertiary/aromatic N) is 1. The lowest BCUT2D eigenvalue weighted by molar-refractivity contribution is -0.134. The van der Waals surface area contributed by atoms with Crippen LogP contribution in [0, 0.1) is 5.82 Å². The van der Waals surface area contributed by atoms with Crippen LogP contribution in [0.2, 0.25) is 0 Å². The van der Waals surface area contributed by atoms with Gasteiger partial charge < -0.3 is 14.7 Å². The minimum Gasteiger partial charge on any atom is -0.484 e. The fourth-order valence-electron chi connectivity index (χ4n) is 2.14. The van der Waals surface area contributed by atoms with E-state index in [9.17, 15) is 9.18 Å². The third kappa shape index (κ3) is 2.98. The average Bonchev–Trinajstić information content (AvgIpc) is 2.84. The minimum absolute atomic E-state index is 0.0221. The molecule has 5 heteroatoms. The second kappa shape index (κ2) is 5.82. The zero-order valence-electron chi connectivity index (χ0n) is 10.0. The van der Waals surface area contributed by atoms with Crippen LogP contribution >= 0.6 is 0 Å². The molecule has 1 amide bonds. The Labute approximate surface area is 105 Å². The molecule has 0 unspecified atom stereocenters. The number of aliphatic hydroxyl groups excluding tert-OH is 1. The van der Waals surface area contributed by atoms with Gasteiger partial charge in [0.15, 0.2) is 6.61 Å². The van der Waals surface area contributed by atoms with E-state index in [1.165, 1.54) is 18.2 Å². The van der Waals surface area contributed by atoms with Crippen LogP contribution in [0.4, 0.5) is 4.39 Å². The van der Waals surface area contributed by atoms with Crippen LogP contribution in [-0.4, -0.2) is 41.7 Å². The Kier molecular flexibility index (Phi) is 4.15. The molecule has 0 aliphatic carbocycles. The van der Waals surface area contributed by atoms with Gasteiger partial charge in [0.1, 0.15) is 11.6 Å². The number of aliphatic hydroxyl groups is 1. The first kappa shape index (κ1) is 12.8. The summed E-state index contributed by atoms with van der Waals surface area (Å²) in [5.74, 6) is -0.228. The fraction of sp³-hybridized carbons (Fsp3) is 0.462. The molecular weight excluding hydrogens is 237 g/mol. The lowest BCUT2D eigenvalue weighted by Crippen LogP contribution is -2.40. The van der Waals surface area contributed by atoms with Gasteiger partial charge in [0.05, 0.1) is 12.6 Å². The van der Waals surface area contributed by atoms with Crippen molar-refractivity contribution in [3.8, 4) is 5.75 Å². The van der Waals surface area contributed by atoms with Crippen molar-refractivity contribution in [1.29, 1.82) is 0 Å². The molecule has 1 aliphatic heterocycles. The van der Waals surface area contributed by atoms with Crippen molar-refractivity contribution in [2.45, 2.75) is 18.9 Å². The van der Waals surface area contributed by atoms with Gasteiger partial charge in [-0.05, 0) is 25.0 Å². The number of hydrogen-bond acceptors (Lipinski definition) is 3. The highest BCUT2D eigenvalue weighted by Crippen LogP contribution is 2.17. The van der Waals surface area contributed by atoms with Crippen molar-refractivity contribution in [3.63, 3.8) is 0 Å². The molecule has 0 radical (unpaired) electrons. The molecule has 0 aromatic heterocycles. The van der Waals surface area contributed by atoms with Crippen LogP contribution in [0.3, 0.4) is 0 Å². The van der Waals surface area contributed by atoms with Crippen molar-refractivity contribution in [1.82, 2.24) is 4.90 Å². The summed E-state index contributed by atoms with van der Waals surface area (Å²) in [6, 6.07) is 5.58. The zero-order chi connectivity index (χ0) is 13.0. The van der Waals surface area contributed by atoms with Gasteiger partial charge >= 0.3 is 0 Å². The maximum atomic E-state index is 12.9. The van der Waals surface area contributed by atoms with Gasteiger partial charge in [-0.3, -0.25) is 4.79 Å². The van der Waals surface area contributed by atoms with Gasteiger partial charge in [0, 0.05) is 12.6 Å². The molecule has 18 heavy (non-hydrogen) atoms. The monoisotopic (exact) mass is 253 g/mol. The lowest BCUT2D eigenvalue weighted by Gasteiger charge is -2.22. The van der Waals surface area contributed by atoms with Gasteiger partial charge in [-0.25, -0.2) is 4.39 Å². The summed E-state index contributed by atoms with van der Waals surface area (Å²) in [5, 5.41) is 9.12. The van der Waals surface area contributed by atoms with Crippen LogP contribution in [0.1, 0.15) is 12.8 Å². The highest BCUT2D eigenvalue weighted by Gasteiger charge is 2.28. The Morgan fingerprint density at radius 2 is 2.39 bits per heavy atom. The van der Waals surface area contributed by atoms with Gasteiger partial charge in [-0.15, -0.1) is 0 Å². The maximum absolute atomic E-state index is 12.9. The molecule has 1 atom stereocenters. The first-order chi connectivity index (χ1) is 8.70. The Morgan fingerprint density at radius 1 is 1.56 bits per heavy atom. The fourth-order valence-corrected chi connectivity index (χ4v) is 2.14. The minimum atomic E-state index is -0.394. The summed E-state index contributed by atoms with van der Waals surface area (Å²) in [6.07, 6.45) is 1.72. The third-order valence-corrected chi connectivity index (χ3v) is 3.07. The van der Waals surface area contributed by atoms with E-state index in [-0.39, 0.29) is 25.2 Å². The number of rotatable bonds is 4. The molecule has 1 saturated heterocycles. The number of amides is 1. The normalized spacial score (nSPS) is 19.0. The van der Waals surface area contributed by atoms with Crippen LogP contribution < -0.4 is 4.74 Å². The summed E-state index contributed by atoms with van der Waals surface area (Å²) in [4.78, 5) is 13.5. The first-order valence-electron chi connectivity index (χ1n) is 5.99. The van der Waals surface area contributed by atoms with E-state index in [1.807, 2.05) is 0 Å². The van der Waals surface area contributed by atoms with Crippen LogP contribution in [0.15, 0.2) is 24.3 Å². The Bertz CT molecular complexity index is 424. The molecule has 4 nitrogen and oxygen atoms in total. The molecule has 0 saturated carbocycles. The first-order valence-corrected chi connectivity index (χ1v) is 5.99. The quantitative estimate of drug-likeness (QED) is 0.876. The number of carbonyl (C=O) groups is 1. The number of likely N-dealkylation sites (tertiary alicyclic amines) is 1.